The summed E-state index contributed by atoms with van der Waals surface area (Å²) in [6.45, 7) is 0. The van der Waals surface area contributed by atoms with Crippen molar-refractivity contribution in [3.63, 3.8) is 0 Å². The van der Waals surface area contributed by atoms with Crippen LogP contribution in [-0.4, -0.2) is 30.1 Å². The third kappa shape index (κ3) is 1.01. The monoisotopic (exact) mass is 193 g/mol. The van der Waals surface area contributed by atoms with Crippen molar-refractivity contribution in [1.82, 2.24) is 4.90 Å². The Morgan fingerprint density at radius 1 is 1.50 bits per heavy atom. The predicted octanol–water partition coefficient (Wildman–Crippen LogP) is 0.772. The first-order chi connectivity index (χ1) is 6.66. The molecule has 0 unspecified atom stereocenters. The van der Waals surface area contributed by atoms with E-state index in [9.17, 15) is 9.90 Å². The van der Waals surface area contributed by atoms with Gasteiger partial charge in [0.15, 0.2) is 6.23 Å². The molecule has 1 atom stereocenters. The van der Waals surface area contributed by atoms with Crippen LogP contribution in [0.25, 0.3) is 0 Å². The van der Waals surface area contributed by atoms with Crippen molar-refractivity contribution < 1.29 is 14.6 Å². The molecular formula is C10H11NO3. The number of carbonyl (C=O) groups is 1. The zero-order valence-electron chi connectivity index (χ0n) is 8.02. The molecule has 14 heavy (non-hydrogen) atoms. The van der Waals surface area contributed by atoms with Crippen molar-refractivity contribution in [2.75, 3.05) is 14.2 Å². The van der Waals surface area contributed by atoms with Crippen LogP contribution < -0.4 is 4.74 Å². The SMILES string of the molecule is COc1cccc2c1C(=O)N(C)[C@H]2O. The number of hydrogen-bond acceptors (Lipinski definition) is 3. The standard InChI is InChI=1S/C10H11NO3/c1-11-9(12)6-4-3-5-7(14-2)8(6)10(11)13/h3-5,9,12H,1-2H3/t9-/m0/s1. The summed E-state index contributed by atoms with van der Waals surface area (Å²) in [4.78, 5) is 13.0. The normalized spacial score (nSPS) is 19.8. The highest BCUT2D eigenvalue weighted by molar-refractivity contribution is 6.01. The molecule has 0 saturated heterocycles. The summed E-state index contributed by atoms with van der Waals surface area (Å²) >= 11 is 0. The zero-order chi connectivity index (χ0) is 10.3. The van der Waals surface area contributed by atoms with Gasteiger partial charge >= 0.3 is 0 Å². The van der Waals surface area contributed by atoms with Gasteiger partial charge in [0.2, 0.25) is 0 Å². The molecule has 1 aromatic carbocycles. The maximum absolute atomic E-state index is 11.7. The molecule has 0 radical (unpaired) electrons. The minimum absolute atomic E-state index is 0.204. The molecule has 1 aliphatic rings. The molecule has 4 heteroatoms. The van der Waals surface area contributed by atoms with Gasteiger partial charge in [-0.15, -0.1) is 0 Å². The van der Waals surface area contributed by atoms with Crippen LogP contribution in [0.15, 0.2) is 18.2 Å². The average Bonchev–Trinajstić information content (AvgIpc) is 2.44. The topological polar surface area (TPSA) is 49.8 Å². The Balaban J connectivity index is 2.63. The van der Waals surface area contributed by atoms with Gasteiger partial charge in [-0.05, 0) is 6.07 Å². The number of aliphatic hydroxyl groups is 1. The molecule has 0 fully saturated rings. The summed E-state index contributed by atoms with van der Waals surface area (Å²) in [6.07, 6.45) is -0.854. The summed E-state index contributed by atoms with van der Waals surface area (Å²) in [5.41, 5.74) is 1.07. The fourth-order valence-corrected chi connectivity index (χ4v) is 1.66. The predicted molar refractivity (Wildman–Crippen MR) is 50.0 cm³/mol. The largest absolute Gasteiger partial charge is 0.496 e. The Morgan fingerprint density at radius 3 is 2.86 bits per heavy atom. The maximum Gasteiger partial charge on any atom is 0.260 e. The van der Waals surface area contributed by atoms with Gasteiger partial charge in [-0.25, -0.2) is 0 Å². The highest BCUT2D eigenvalue weighted by Gasteiger charge is 2.35. The third-order valence-corrected chi connectivity index (χ3v) is 2.46. The Bertz CT molecular complexity index is 389. The van der Waals surface area contributed by atoms with Crippen LogP contribution in [0.4, 0.5) is 0 Å². The van der Waals surface area contributed by atoms with Crippen molar-refractivity contribution in [3.05, 3.63) is 29.3 Å². The molecule has 0 bridgehead atoms. The van der Waals surface area contributed by atoms with Crippen LogP contribution in [0.5, 0.6) is 5.75 Å². The molecule has 0 saturated carbocycles. The Morgan fingerprint density at radius 2 is 2.21 bits per heavy atom. The second-order valence-electron chi connectivity index (χ2n) is 3.21. The minimum Gasteiger partial charge on any atom is -0.496 e. The number of hydrogen-bond donors (Lipinski definition) is 1. The van der Waals surface area contributed by atoms with E-state index >= 15 is 0 Å². The smallest absolute Gasteiger partial charge is 0.260 e. The summed E-state index contributed by atoms with van der Waals surface area (Å²) in [5.74, 6) is 0.306. The van der Waals surface area contributed by atoms with Crippen LogP contribution in [0, 0.1) is 0 Å². The van der Waals surface area contributed by atoms with Crippen molar-refractivity contribution in [2.45, 2.75) is 6.23 Å². The number of aliphatic hydroxyl groups excluding tert-OH is 1. The van der Waals surface area contributed by atoms with E-state index in [0.29, 0.717) is 16.9 Å². The van der Waals surface area contributed by atoms with E-state index in [1.807, 2.05) is 0 Å². The first kappa shape index (κ1) is 9.02. The molecule has 1 N–H and O–H groups in total. The lowest BCUT2D eigenvalue weighted by Gasteiger charge is -2.13. The van der Waals surface area contributed by atoms with E-state index in [-0.39, 0.29) is 5.91 Å². The fourth-order valence-electron chi connectivity index (χ4n) is 1.66. The van der Waals surface area contributed by atoms with E-state index < -0.39 is 6.23 Å². The molecule has 2 rings (SSSR count). The van der Waals surface area contributed by atoms with E-state index in [0.717, 1.165) is 0 Å². The molecule has 0 spiro atoms. The number of amides is 1. The fraction of sp³-hybridized carbons (Fsp3) is 0.300. The number of carbonyl (C=O) groups excluding carboxylic acids is 1. The average molecular weight is 193 g/mol. The molecule has 1 aliphatic heterocycles. The lowest BCUT2D eigenvalue weighted by atomic mass is 10.1. The van der Waals surface area contributed by atoms with Crippen molar-refractivity contribution in [1.29, 1.82) is 0 Å². The quantitative estimate of drug-likeness (QED) is 0.716. The Labute approximate surface area is 81.7 Å². The summed E-state index contributed by atoms with van der Waals surface area (Å²) in [6, 6.07) is 5.19. The Kier molecular flexibility index (Phi) is 1.93. The highest BCUT2D eigenvalue weighted by atomic mass is 16.5. The molecule has 74 valence electrons. The minimum atomic E-state index is -0.854. The van der Waals surface area contributed by atoms with E-state index in [4.69, 9.17) is 4.74 Å². The van der Waals surface area contributed by atoms with Crippen molar-refractivity contribution in [3.8, 4) is 5.75 Å². The molecule has 1 heterocycles. The van der Waals surface area contributed by atoms with Crippen LogP contribution in [0.1, 0.15) is 22.1 Å². The number of methoxy groups -OCH3 is 1. The number of ether oxygens (including phenoxy) is 1. The van der Waals surface area contributed by atoms with Gasteiger partial charge in [0.25, 0.3) is 5.91 Å². The molecular weight excluding hydrogens is 182 g/mol. The zero-order valence-corrected chi connectivity index (χ0v) is 8.02. The summed E-state index contributed by atoms with van der Waals surface area (Å²) in [5, 5.41) is 9.69. The molecule has 1 aromatic rings. The van der Waals surface area contributed by atoms with Gasteiger partial charge in [-0.3, -0.25) is 4.79 Å². The van der Waals surface area contributed by atoms with Gasteiger partial charge in [0, 0.05) is 12.6 Å². The van der Waals surface area contributed by atoms with Crippen molar-refractivity contribution in [2.24, 2.45) is 0 Å². The first-order valence-electron chi connectivity index (χ1n) is 4.29. The molecule has 1 amide bonds. The highest BCUT2D eigenvalue weighted by Crippen LogP contribution is 2.35. The molecule has 4 nitrogen and oxygen atoms in total. The second kappa shape index (κ2) is 2.99. The number of benzene rings is 1. The maximum atomic E-state index is 11.7. The third-order valence-electron chi connectivity index (χ3n) is 2.46. The van der Waals surface area contributed by atoms with E-state index in [2.05, 4.69) is 0 Å². The Hall–Kier alpha value is -1.55. The van der Waals surface area contributed by atoms with Gasteiger partial charge in [0.1, 0.15) is 5.75 Å². The van der Waals surface area contributed by atoms with Crippen molar-refractivity contribution >= 4 is 5.91 Å². The van der Waals surface area contributed by atoms with Gasteiger partial charge in [-0.1, -0.05) is 12.1 Å². The molecule has 0 aromatic heterocycles. The first-order valence-corrected chi connectivity index (χ1v) is 4.29. The van der Waals surface area contributed by atoms with E-state index in [1.165, 1.54) is 12.0 Å². The van der Waals surface area contributed by atoms with Crippen LogP contribution in [-0.2, 0) is 0 Å². The lowest BCUT2D eigenvalue weighted by Crippen LogP contribution is -2.22. The number of rotatable bonds is 1. The molecule has 0 aliphatic carbocycles. The summed E-state index contributed by atoms with van der Waals surface area (Å²) < 4.78 is 5.07. The van der Waals surface area contributed by atoms with Gasteiger partial charge < -0.3 is 14.7 Å². The van der Waals surface area contributed by atoms with Crippen LogP contribution in [0.3, 0.4) is 0 Å². The number of fused-ring (bicyclic) bond motifs is 1. The second-order valence-corrected chi connectivity index (χ2v) is 3.21. The number of nitrogens with zero attached hydrogens (tertiary/aromatic N) is 1. The summed E-state index contributed by atoms with van der Waals surface area (Å²) in [7, 11) is 3.07. The van der Waals surface area contributed by atoms with Crippen LogP contribution in [0.2, 0.25) is 0 Å². The van der Waals surface area contributed by atoms with Gasteiger partial charge in [0.05, 0.1) is 12.7 Å². The van der Waals surface area contributed by atoms with Crippen LogP contribution >= 0.6 is 0 Å². The van der Waals surface area contributed by atoms with E-state index in [1.54, 1.807) is 25.2 Å². The van der Waals surface area contributed by atoms with Gasteiger partial charge in [-0.2, -0.15) is 0 Å². The lowest BCUT2D eigenvalue weighted by molar-refractivity contribution is 0.0301.